The van der Waals surface area contributed by atoms with E-state index < -0.39 is 0 Å². The molecule has 122 valence electrons. The molecule has 1 aliphatic rings. The highest BCUT2D eigenvalue weighted by Gasteiger charge is 2.36. The van der Waals surface area contributed by atoms with Gasteiger partial charge in [0.15, 0.2) is 5.13 Å². The van der Waals surface area contributed by atoms with Gasteiger partial charge in [-0.3, -0.25) is 9.59 Å². The number of methoxy groups -OCH3 is 1. The Kier molecular flexibility index (Phi) is 4.58. The Morgan fingerprint density at radius 1 is 1.52 bits per heavy atom. The van der Waals surface area contributed by atoms with E-state index in [1.54, 1.807) is 12.0 Å². The molecular formula is C16H19N3O3S. The molecule has 1 N–H and O–H groups in total. The van der Waals surface area contributed by atoms with Crippen molar-refractivity contribution in [2.75, 3.05) is 25.6 Å². The predicted molar refractivity (Wildman–Crippen MR) is 89.4 cm³/mol. The van der Waals surface area contributed by atoms with Crippen LogP contribution in [0, 0.1) is 5.92 Å². The first-order chi connectivity index (χ1) is 11.1. The zero-order chi connectivity index (χ0) is 16.4. The van der Waals surface area contributed by atoms with E-state index in [9.17, 15) is 9.59 Å². The lowest BCUT2D eigenvalue weighted by molar-refractivity contribution is -0.130. The lowest BCUT2D eigenvalue weighted by Gasteiger charge is -2.23. The molecule has 2 heterocycles. The number of amides is 2. The number of hydrogen-bond donors (Lipinski definition) is 1. The summed E-state index contributed by atoms with van der Waals surface area (Å²) in [6.45, 7) is 2.83. The number of fused-ring (bicyclic) bond motifs is 1. The van der Waals surface area contributed by atoms with Crippen molar-refractivity contribution in [3.63, 3.8) is 0 Å². The van der Waals surface area contributed by atoms with Gasteiger partial charge in [-0.1, -0.05) is 23.5 Å². The molecule has 2 aromatic rings. The largest absolute Gasteiger partial charge is 0.383 e. The molecule has 23 heavy (non-hydrogen) atoms. The molecule has 6 nitrogen and oxygen atoms in total. The first-order valence-corrected chi connectivity index (χ1v) is 8.35. The number of benzene rings is 1. The van der Waals surface area contributed by atoms with Gasteiger partial charge >= 0.3 is 0 Å². The van der Waals surface area contributed by atoms with Crippen LogP contribution in [0.3, 0.4) is 0 Å². The summed E-state index contributed by atoms with van der Waals surface area (Å²) >= 11 is 1.44. The van der Waals surface area contributed by atoms with E-state index in [4.69, 9.17) is 4.74 Å². The Labute approximate surface area is 138 Å². The van der Waals surface area contributed by atoms with Gasteiger partial charge in [0.25, 0.3) is 0 Å². The van der Waals surface area contributed by atoms with Crippen LogP contribution in [-0.2, 0) is 14.3 Å². The first kappa shape index (κ1) is 15.9. The zero-order valence-corrected chi connectivity index (χ0v) is 13.9. The summed E-state index contributed by atoms with van der Waals surface area (Å²) in [5.74, 6) is -0.489. The Bertz CT molecular complexity index is 697. The summed E-state index contributed by atoms with van der Waals surface area (Å²) in [6.07, 6.45) is 0.241. The third-order valence-corrected chi connectivity index (χ3v) is 4.95. The molecule has 0 spiro atoms. The standard InChI is InChI=1S/C16H19N3O3S/c1-10(9-22-2)19-8-11(7-14(19)20)15(21)18-16-17-12-5-3-4-6-13(12)23-16/h3-6,10-11H,7-9H2,1-2H3,(H,17,18,21)/t10-,11+/m0/s1. The summed E-state index contributed by atoms with van der Waals surface area (Å²) in [4.78, 5) is 30.6. The number of para-hydroxylation sites is 1. The van der Waals surface area contributed by atoms with E-state index in [1.807, 2.05) is 31.2 Å². The van der Waals surface area contributed by atoms with E-state index in [0.29, 0.717) is 18.3 Å². The van der Waals surface area contributed by atoms with Gasteiger partial charge in [-0.25, -0.2) is 4.98 Å². The zero-order valence-electron chi connectivity index (χ0n) is 13.1. The van der Waals surface area contributed by atoms with Gasteiger partial charge in [-0.05, 0) is 19.1 Å². The van der Waals surface area contributed by atoms with Crippen molar-refractivity contribution in [3.8, 4) is 0 Å². The molecule has 0 bridgehead atoms. The topological polar surface area (TPSA) is 71.5 Å². The maximum atomic E-state index is 12.4. The van der Waals surface area contributed by atoms with Crippen LogP contribution >= 0.6 is 11.3 Å². The van der Waals surface area contributed by atoms with Crippen LogP contribution in [0.5, 0.6) is 0 Å². The lowest BCUT2D eigenvalue weighted by atomic mass is 10.1. The van der Waals surface area contributed by atoms with Gasteiger partial charge in [0.1, 0.15) is 0 Å². The number of carbonyl (C=O) groups is 2. The minimum Gasteiger partial charge on any atom is -0.383 e. The number of carbonyl (C=O) groups excluding carboxylic acids is 2. The van der Waals surface area contributed by atoms with Gasteiger partial charge in [0.2, 0.25) is 11.8 Å². The molecule has 1 aromatic heterocycles. The van der Waals surface area contributed by atoms with Crippen molar-refractivity contribution in [3.05, 3.63) is 24.3 Å². The number of ether oxygens (including phenoxy) is 1. The maximum Gasteiger partial charge on any atom is 0.231 e. The second-order valence-electron chi connectivity index (χ2n) is 5.73. The highest BCUT2D eigenvalue weighted by atomic mass is 32.1. The second kappa shape index (κ2) is 6.64. The molecule has 0 radical (unpaired) electrons. The summed E-state index contributed by atoms with van der Waals surface area (Å²) in [7, 11) is 1.61. The number of anilines is 1. The second-order valence-corrected chi connectivity index (χ2v) is 6.76. The third kappa shape index (κ3) is 3.35. The monoisotopic (exact) mass is 333 g/mol. The van der Waals surface area contributed by atoms with E-state index in [0.717, 1.165) is 10.2 Å². The van der Waals surface area contributed by atoms with Crippen molar-refractivity contribution in [1.29, 1.82) is 0 Å². The fraction of sp³-hybridized carbons (Fsp3) is 0.438. The molecule has 2 amide bonds. The van der Waals surface area contributed by atoms with Gasteiger partial charge in [0, 0.05) is 20.1 Å². The number of hydrogen-bond acceptors (Lipinski definition) is 5. The molecule has 1 saturated heterocycles. The summed E-state index contributed by atoms with van der Waals surface area (Å²) < 4.78 is 6.12. The summed E-state index contributed by atoms with van der Waals surface area (Å²) in [6, 6.07) is 7.72. The average Bonchev–Trinajstić information content (AvgIpc) is 3.10. The highest BCUT2D eigenvalue weighted by Crippen LogP contribution is 2.27. The minimum absolute atomic E-state index is 0.000926. The van der Waals surface area contributed by atoms with Gasteiger partial charge in [0.05, 0.1) is 28.8 Å². The van der Waals surface area contributed by atoms with Gasteiger partial charge in [-0.2, -0.15) is 0 Å². The van der Waals surface area contributed by atoms with Gasteiger partial charge < -0.3 is 15.0 Å². The molecule has 1 aromatic carbocycles. The number of nitrogens with one attached hydrogen (secondary N) is 1. The van der Waals surface area contributed by atoms with Gasteiger partial charge in [-0.15, -0.1) is 0 Å². The van der Waals surface area contributed by atoms with Crippen LogP contribution in [0.25, 0.3) is 10.2 Å². The van der Waals surface area contributed by atoms with Crippen molar-refractivity contribution in [1.82, 2.24) is 9.88 Å². The quantitative estimate of drug-likeness (QED) is 0.910. The molecule has 0 aliphatic carbocycles. The SMILES string of the molecule is COC[C@H](C)N1C[C@H](C(=O)Nc2nc3ccccc3s2)CC1=O. The number of nitrogens with zero attached hydrogens (tertiary/aromatic N) is 2. The van der Waals surface area contributed by atoms with Crippen LogP contribution in [0.15, 0.2) is 24.3 Å². The number of thiazole rings is 1. The molecule has 1 aliphatic heterocycles. The Morgan fingerprint density at radius 3 is 3.04 bits per heavy atom. The van der Waals surface area contributed by atoms with E-state index in [2.05, 4.69) is 10.3 Å². The van der Waals surface area contributed by atoms with Crippen LogP contribution in [0.2, 0.25) is 0 Å². The molecule has 7 heteroatoms. The highest BCUT2D eigenvalue weighted by molar-refractivity contribution is 7.22. The molecule has 2 atom stereocenters. The van der Waals surface area contributed by atoms with Crippen molar-refractivity contribution < 1.29 is 14.3 Å². The van der Waals surface area contributed by atoms with Crippen molar-refractivity contribution in [2.45, 2.75) is 19.4 Å². The Morgan fingerprint density at radius 2 is 2.30 bits per heavy atom. The van der Waals surface area contributed by atoms with Crippen LogP contribution in [-0.4, -0.2) is 48.0 Å². The molecule has 0 unspecified atom stereocenters. The molecule has 3 rings (SSSR count). The van der Waals surface area contributed by atoms with Crippen molar-refractivity contribution >= 4 is 38.5 Å². The number of aromatic nitrogens is 1. The maximum absolute atomic E-state index is 12.4. The minimum atomic E-state index is -0.339. The third-order valence-electron chi connectivity index (χ3n) is 3.99. The van der Waals surface area contributed by atoms with E-state index in [-0.39, 0.29) is 30.2 Å². The predicted octanol–water partition coefficient (Wildman–Crippen LogP) is 2.12. The summed E-state index contributed by atoms with van der Waals surface area (Å²) in [5.41, 5.74) is 0.866. The summed E-state index contributed by atoms with van der Waals surface area (Å²) in [5, 5.41) is 3.42. The number of likely N-dealkylation sites (tertiary alicyclic amines) is 1. The smallest absolute Gasteiger partial charge is 0.231 e. The molecule has 0 saturated carbocycles. The first-order valence-electron chi connectivity index (χ1n) is 7.53. The Hall–Kier alpha value is -1.99. The normalized spacial score (nSPS) is 19.3. The Balaban J connectivity index is 1.65. The lowest BCUT2D eigenvalue weighted by Crippen LogP contribution is -2.38. The fourth-order valence-electron chi connectivity index (χ4n) is 2.80. The molecule has 1 fully saturated rings. The average molecular weight is 333 g/mol. The van der Waals surface area contributed by atoms with E-state index >= 15 is 0 Å². The van der Waals surface area contributed by atoms with E-state index in [1.165, 1.54) is 11.3 Å². The van der Waals surface area contributed by atoms with Crippen LogP contribution in [0.4, 0.5) is 5.13 Å². The van der Waals surface area contributed by atoms with Crippen LogP contribution in [0.1, 0.15) is 13.3 Å². The van der Waals surface area contributed by atoms with Crippen LogP contribution < -0.4 is 5.32 Å². The van der Waals surface area contributed by atoms with Crippen molar-refractivity contribution in [2.24, 2.45) is 5.92 Å². The molecular weight excluding hydrogens is 314 g/mol. The number of rotatable bonds is 5. The fourth-order valence-corrected chi connectivity index (χ4v) is 3.67.